The van der Waals surface area contributed by atoms with E-state index in [0.717, 1.165) is 18.4 Å². The number of aliphatic hydroxyl groups excluding tert-OH is 1. The van der Waals surface area contributed by atoms with Gasteiger partial charge in [0.25, 0.3) is 0 Å². The Morgan fingerprint density at radius 3 is 2.41 bits per heavy atom. The number of rotatable bonds is 3. The van der Waals surface area contributed by atoms with Crippen molar-refractivity contribution >= 4 is 23.5 Å². The second-order valence-electron chi connectivity index (χ2n) is 6.14. The number of piperidine rings is 1. The Balaban J connectivity index is 1.79. The van der Waals surface area contributed by atoms with E-state index >= 15 is 0 Å². The van der Waals surface area contributed by atoms with Crippen molar-refractivity contribution in [3.05, 3.63) is 34.9 Å². The number of aliphatic hydroxyl groups is 1. The van der Waals surface area contributed by atoms with Gasteiger partial charge < -0.3 is 15.1 Å². The summed E-state index contributed by atoms with van der Waals surface area (Å²) in [5.41, 5.74) is 0.399. The number of hydrogen-bond donors (Lipinski definition) is 2. The number of likely N-dealkylation sites (tertiary alicyclic amines) is 1. The predicted octanol–water partition coefficient (Wildman–Crippen LogP) is 1.67. The molecule has 2 N–H and O–H groups in total. The number of carbonyl (C=O) groups excluding carboxylic acids is 1. The summed E-state index contributed by atoms with van der Waals surface area (Å²) in [5, 5.41) is 19.6. The lowest BCUT2D eigenvalue weighted by Crippen LogP contribution is -2.51. The van der Waals surface area contributed by atoms with Gasteiger partial charge in [0.15, 0.2) is 0 Å². The van der Waals surface area contributed by atoms with E-state index in [1.165, 1.54) is 0 Å². The molecule has 1 aliphatic carbocycles. The van der Waals surface area contributed by atoms with Crippen LogP contribution in [0, 0.1) is 5.92 Å². The Bertz CT molecular complexity index is 597. The quantitative estimate of drug-likeness (QED) is 0.887. The van der Waals surface area contributed by atoms with E-state index in [-0.39, 0.29) is 12.5 Å². The van der Waals surface area contributed by atoms with Crippen LogP contribution in [-0.2, 0) is 15.0 Å². The Kier molecular flexibility index (Phi) is 3.87. The van der Waals surface area contributed by atoms with Crippen LogP contribution in [0.5, 0.6) is 0 Å². The number of amides is 1. The molecule has 6 heteroatoms. The van der Waals surface area contributed by atoms with Crippen LogP contribution in [0.25, 0.3) is 0 Å². The fraction of sp³-hybridized carbons (Fsp3) is 0.500. The molecule has 0 unspecified atom stereocenters. The third-order valence-electron chi connectivity index (χ3n) is 4.74. The van der Waals surface area contributed by atoms with Crippen molar-refractivity contribution in [2.75, 3.05) is 13.1 Å². The Labute approximate surface area is 133 Å². The van der Waals surface area contributed by atoms with Crippen molar-refractivity contribution in [1.82, 2.24) is 4.90 Å². The average molecular weight is 324 g/mol. The number of hydrogen-bond acceptors (Lipinski definition) is 3. The second-order valence-corrected chi connectivity index (χ2v) is 6.58. The van der Waals surface area contributed by atoms with Crippen molar-refractivity contribution in [2.45, 2.75) is 30.8 Å². The summed E-state index contributed by atoms with van der Waals surface area (Å²) in [4.78, 5) is 25.6. The van der Waals surface area contributed by atoms with Gasteiger partial charge in [-0.1, -0.05) is 23.7 Å². The minimum Gasteiger partial charge on any atom is -0.481 e. The molecular formula is C16H18ClNO4. The van der Waals surface area contributed by atoms with Gasteiger partial charge in [-0.05, 0) is 37.0 Å². The summed E-state index contributed by atoms with van der Waals surface area (Å²) < 4.78 is 0. The van der Waals surface area contributed by atoms with E-state index in [9.17, 15) is 14.7 Å². The highest BCUT2D eigenvalue weighted by atomic mass is 35.5. The topological polar surface area (TPSA) is 77.8 Å². The molecule has 0 radical (unpaired) electrons. The smallest absolute Gasteiger partial charge is 0.310 e. The molecule has 118 valence electrons. The predicted molar refractivity (Wildman–Crippen MR) is 80.7 cm³/mol. The maximum absolute atomic E-state index is 12.9. The van der Waals surface area contributed by atoms with Gasteiger partial charge in [-0.3, -0.25) is 9.59 Å². The highest BCUT2D eigenvalue weighted by Gasteiger charge is 2.54. The SMILES string of the molecule is O=C(O)[C@@H]1CN(C(=O)C2(c3ccc(Cl)cc3)CC2)CC[C@@H]1O. The van der Waals surface area contributed by atoms with E-state index in [0.29, 0.717) is 18.0 Å². The normalized spacial score (nSPS) is 26.5. The highest BCUT2D eigenvalue weighted by Crippen LogP contribution is 2.50. The largest absolute Gasteiger partial charge is 0.481 e. The van der Waals surface area contributed by atoms with Crippen molar-refractivity contribution < 1.29 is 19.8 Å². The van der Waals surface area contributed by atoms with Gasteiger partial charge in [0, 0.05) is 18.1 Å². The third kappa shape index (κ3) is 2.59. The van der Waals surface area contributed by atoms with Crippen LogP contribution in [0.3, 0.4) is 0 Å². The molecule has 1 heterocycles. The zero-order valence-electron chi connectivity index (χ0n) is 12.0. The number of carboxylic acids is 1. The first-order valence-corrected chi connectivity index (χ1v) is 7.78. The van der Waals surface area contributed by atoms with Gasteiger partial charge in [-0.2, -0.15) is 0 Å². The summed E-state index contributed by atoms with van der Waals surface area (Å²) in [7, 11) is 0. The van der Waals surface area contributed by atoms with E-state index in [1.54, 1.807) is 17.0 Å². The zero-order valence-corrected chi connectivity index (χ0v) is 12.8. The van der Waals surface area contributed by atoms with Gasteiger partial charge in [-0.15, -0.1) is 0 Å². The lowest BCUT2D eigenvalue weighted by molar-refractivity contribution is -0.152. The van der Waals surface area contributed by atoms with E-state index in [2.05, 4.69) is 0 Å². The Hall–Kier alpha value is -1.59. The molecule has 0 bridgehead atoms. The van der Waals surface area contributed by atoms with E-state index in [1.807, 2.05) is 12.1 Å². The molecule has 1 aromatic carbocycles. The molecule has 1 amide bonds. The van der Waals surface area contributed by atoms with Crippen LogP contribution in [0.2, 0.25) is 5.02 Å². The van der Waals surface area contributed by atoms with Gasteiger partial charge in [-0.25, -0.2) is 0 Å². The lowest BCUT2D eigenvalue weighted by Gasteiger charge is -2.36. The summed E-state index contributed by atoms with van der Waals surface area (Å²) in [6.07, 6.45) is 0.959. The average Bonchev–Trinajstić information content (AvgIpc) is 3.29. The van der Waals surface area contributed by atoms with Gasteiger partial charge in [0.2, 0.25) is 5.91 Å². The molecule has 0 spiro atoms. The summed E-state index contributed by atoms with van der Waals surface area (Å²) in [5.74, 6) is -1.99. The Morgan fingerprint density at radius 1 is 1.23 bits per heavy atom. The number of halogens is 1. The van der Waals surface area contributed by atoms with E-state index in [4.69, 9.17) is 16.7 Å². The molecule has 0 aromatic heterocycles. The maximum Gasteiger partial charge on any atom is 0.310 e. The first kappa shape index (κ1) is 15.3. The molecule has 3 rings (SSSR count). The summed E-state index contributed by atoms with van der Waals surface area (Å²) in [6, 6.07) is 7.26. The first-order chi connectivity index (χ1) is 10.4. The standard InChI is InChI=1S/C16H18ClNO4/c17-11-3-1-10(2-4-11)16(6-7-16)15(22)18-8-5-13(19)12(9-18)14(20)21/h1-4,12-13,19H,5-9H2,(H,20,21)/t12-,13+/m1/s1. The highest BCUT2D eigenvalue weighted by molar-refractivity contribution is 6.30. The number of carboxylic acid groups (broad SMARTS) is 1. The lowest BCUT2D eigenvalue weighted by atomic mass is 9.90. The molecule has 2 aliphatic rings. The van der Waals surface area contributed by atoms with Crippen LogP contribution in [0.4, 0.5) is 0 Å². The monoisotopic (exact) mass is 323 g/mol. The summed E-state index contributed by atoms with van der Waals surface area (Å²) >= 11 is 5.89. The first-order valence-electron chi connectivity index (χ1n) is 7.40. The maximum atomic E-state index is 12.9. The van der Waals surface area contributed by atoms with Crippen molar-refractivity contribution in [3.63, 3.8) is 0 Å². The minimum absolute atomic E-state index is 0.0343. The number of aliphatic carboxylic acids is 1. The fourth-order valence-corrected chi connectivity index (χ4v) is 3.32. The van der Waals surface area contributed by atoms with Crippen LogP contribution in [-0.4, -0.2) is 46.2 Å². The fourth-order valence-electron chi connectivity index (χ4n) is 3.19. The second kappa shape index (κ2) is 5.56. The van der Waals surface area contributed by atoms with Crippen LogP contribution in [0.15, 0.2) is 24.3 Å². The van der Waals surface area contributed by atoms with Crippen LogP contribution < -0.4 is 0 Å². The number of benzene rings is 1. The van der Waals surface area contributed by atoms with Crippen molar-refractivity contribution in [2.24, 2.45) is 5.92 Å². The Morgan fingerprint density at radius 2 is 1.86 bits per heavy atom. The van der Waals surface area contributed by atoms with Crippen LogP contribution in [0.1, 0.15) is 24.8 Å². The van der Waals surface area contributed by atoms with E-state index < -0.39 is 23.4 Å². The molecule has 1 saturated heterocycles. The van der Waals surface area contributed by atoms with Crippen molar-refractivity contribution in [3.8, 4) is 0 Å². The molecule has 5 nitrogen and oxygen atoms in total. The number of nitrogens with zero attached hydrogens (tertiary/aromatic N) is 1. The molecular weight excluding hydrogens is 306 g/mol. The molecule has 1 aromatic rings. The van der Waals surface area contributed by atoms with Crippen LogP contribution >= 0.6 is 11.6 Å². The van der Waals surface area contributed by atoms with Gasteiger partial charge in [0.05, 0.1) is 11.5 Å². The molecule has 1 saturated carbocycles. The third-order valence-corrected chi connectivity index (χ3v) is 4.99. The molecule has 1 aliphatic heterocycles. The van der Waals surface area contributed by atoms with Gasteiger partial charge >= 0.3 is 5.97 Å². The molecule has 2 fully saturated rings. The zero-order chi connectivity index (χ0) is 15.9. The van der Waals surface area contributed by atoms with Gasteiger partial charge in [0.1, 0.15) is 5.92 Å². The molecule has 2 atom stereocenters. The van der Waals surface area contributed by atoms with Crippen molar-refractivity contribution in [1.29, 1.82) is 0 Å². The number of carbonyl (C=O) groups is 2. The summed E-state index contributed by atoms with van der Waals surface area (Å²) in [6.45, 7) is 0.476. The molecule has 22 heavy (non-hydrogen) atoms. The minimum atomic E-state index is -1.05.